The lowest BCUT2D eigenvalue weighted by Gasteiger charge is -2.24. The van der Waals surface area contributed by atoms with Gasteiger partial charge in [0.15, 0.2) is 6.79 Å². The van der Waals surface area contributed by atoms with E-state index in [9.17, 15) is 9.59 Å². The molecule has 1 unspecified atom stereocenters. The second-order valence-electron chi connectivity index (χ2n) is 5.91. The van der Waals surface area contributed by atoms with Gasteiger partial charge in [-0.3, -0.25) is 4.79 Å². The molecule has 0 aliphatic carbocycles. The Hall–Kier alpha value is -3.06. The third kappa shape index (κ3) is 3.73. The van der Waals surface area contributed by atoms with Gasteiger partial charge in [-0.05, 0) is 18.6 Å². The minimum absolute atomic E-state index is 0.0829. The number of rotatable bonds is 6. The maximum absolute atomic E-state index is 12.4. The van der Waals surface area contributed by atoms with Crippen LogP contribution in [-0.4, -0.2) is 40.1 Å². The topological polar surface area (TPSA) is 80.3 Å². The highest BCUT2D eigenvalue weighted by molar-refractivity contribution is 6.01. The van der Waals surface area contributed by atoms with E-state index in [2.05, 4.69) is 4.74 Å². The van der Waals surface area contributed by atoms with E-state index in [1.54, 1.807) is 13.2 Å². The Balaban J connectivity index is 2.06. The van der Waals surface area contributed by atoms with E-state index >= 15 is 0 Å². The van der Waals surface area contributed by atoms with Crippen LogP contribution in [0.5, 0.6) is 17.2 Å². The average molecular weight is 372 g/mol. The summed E-state index contributed by atoms with van der Waals surface area (Å²) in [5, 5.41) is 1.41. The summed E-state index contributed by atoms with van der Waals surface area (Å²) in [6, 6.07) is 7.27. The van der Waals surface area contributed by atoms with Gasteiger partial charge in [-0.15, -0.1) is 0 Å². The fraction of sp³-hybridized carbons (Fsp3) is 0.300. The van der Waals surface area contributed by atoms with E-state index in [0.717, 1.165) is 5.56 Å². The maximum atomic E-state index is 12.4. The molecule has 142 valence electrons. The highest BCUT2D eigenvalue weighted by Gasteiger charge is 2.30. The van der Waals surface area contributed by atoms with E-state index in [0.29, 0.717) is 34.4 Å². The van der Waals surface area contributed by atoms with Crippen LogP contribution < -0.4 is 14.2 Å². The lowest BCUT2D eigenvalue weighted by Crippen LogP contribution is -2.26. The Kier molecular flexibility index (Phi) is 5.61. The van der Waals surface area contributed by atoms with Crippen LogP contribution in [0, 0.1) is 5.92 Å². The van der Waals surface area contributed by atoms with Crippen molar-refractivity contribution in [2.75, 3.05) is 28.1 Å². The number of carbonyl (C=O) groups excluding carboxylic acids is 2. The second kappa shape index (κ2) is 8.09. The normalized spacial score (nSPS) is 16.1. The average Bonchev–Trinajstić information content (AvgIpc) is 2.69. The van der Waals surface area contributed by atoms with Crippen molar-refractivity contribution >= 4 is 22.7 Å². The van der Waals surface area contributed by atoms with E-state index in [1.165, 1.54) is 26.4 Å². The largest absolute Gasteiger partial charge is 0.496 e. The molecule has 0 aromatic heterocycles. The fourth-order valence-corrected chi connectivity index (χ4v) is 3.03. The van der Waals surface area contributed by atoms with Crippen molar-refractivity contribution in [1.29, 1.82) is 0 Å². The van der Waals surface area contributed by atoms with Crippen molar-refractivity contribution in [2.24, 2.45) is 5.92 Å². The lowest BCUT2D eigenvalue weighted by atomic mass is 9.92. The SMILES string of the molecule is COCOc1cccc2c3c(cc(OC)c12)CC(/C=C/C(=O)OC)C(=O)O3. The Bertz CT molecular complexity index is 901. The van der Waals surface area contributed by atoms with Crippen LogP contribution in [0.3, 0.4) is 0 Å². The quantitative estimate of drug-likeness (QED) is 0.334. The van der Waals surface area contributed by atoms with Gasteiger partial charge in [-0.2, -0.15) is 0 Å². The van der Waals surface area contributed by atoms with Crippen molar-refractivity contribution in [3.63, 3.8) is 0 Å². The number of hydrogen-bond acceptors (Lipinski definition) is 7. The molecular weight excluding hydrogens is 352 g/mol. The molecular formula is C20H20O7. The van der Waals surface area contributed by atoms with Crippen LogP contribution in [0.4, 0.5) is 0 Å². The molecule has 0 saturated carbocycles. The summed E-state index contributed by atoms with van der Waals surface area (Å²) in [7, 11) is 4.38. The summed E-state index contributed by atoms with van der Waals surface area (Å²) in [6.45, 7) is 0.0829. The van der Waals surface area contributed by atoms with Gasteiger partial charge in [0.2, 0.25) is 0 Å². The molecule has 1 aliphatic heterocycles. The minimum Gasteiger partial charge on any atom is -0.496 e. The molecule has 0 bridgehead atoms. The third-order valence-electron chi connectivity index (χ3n) is 4.28. The predicted molar refractivity (Wildman–Crippen MR) is 97.0 cm³/mol. The zero-order chi connectivity index (χ0) is 19.4. The molecule has 0 fully saturated rings. The second-order valence-corrected chi connectivity index (χ2v) is 5.91. The molecule has 2 aromatic rings. The molecule has 1 heterocycles. The molecule has 7 nitrogen and oxygen atoms in total. The minimum atomic E-state index is -0.577. The van der Waals surface area contributed by atoms with Gasteiger partial charge in [0.25, 0.3) is 0 Å². The number of hydrogen-bond donors (Lipinski definition) is 0. The Morgan fingerprint density at radius 1 is 1.26 bits per heavy atom. The van der Waals surface area contributed by atoms with Crippen molar-refractivity contribution in [3.05, 3.63) is 42.0 Å². The number of benzene rings is 2. The van der Waals surface area contributed by atoms with E-state index < -0.39 is 17.9 Å². The van der Waals surface area contributed by atoms with Crippen molar-refractivity contribution in [1.82, 2.24) is 0 Å². The monoisotopic (exact) mass is 372 g/mol. The van der Waals surface area contributed by atoms with Crippen molar-refractivity contribution in [3.8, 4) is 17.2 Å². The number of carbonyl (C=O) groups is 2. The van der Waals surface area contributed by atoms with Crippen molar-refractivity contribution < 1.29 is 33.3 Å². The third-order valence-corrected chi connectivity index (χ3v) is 4.28. The predicted octanol–water partition coefficient (Wildman–Crippen LogP) is 2.64. The van der Waals surface area contributed by atoms with E-state index in [1.807, 2.05) is 18.2 Å². The number of methoxy groups -OCH3 is 3. The molecule has 0 saturated heterocycles. The highest BCUT2D eigenvalue weighted by atomic mass is 16.7. The first-order valence-electron chi connectivity index (χ1n) is 8.31. The molecule has 27 heavy (non-hydrogen) atoms. The number of ether oxygens (including phenoxy) is 5. The molecule has 2 aromatic carbocycles. The van der Waals surface area contributed by atoms with Gasteiger partial charge < -0.3 is 23.7 Å². The zero-order valence-electron chi connectivity index (χ0n) is 15.3. The molecule has 7 heteroatoms. The number of esters is 2. The first-order chi connectivity index (χ1) is 13.1. The standard InChI is InChI=1S/C20H20O7/c1-23-11-26-15-6-4-5-14-18(15)16(24-2)10-13-9-12(7-8-17(21)25-3)20(22)27-19(13)14/h4-8,10,12H,9,11H2,1-3H3/b8-7+. The van der Waals surface area contributed by atoms with Crippen LogP contribution >= 0.6 is 0 Å². The molecule has 0 N–H and O–H groups in total. The Morgan fingerprint density at radius 2 is 2.07 bits per heavy atom. The molecule has 0 spiro atoms. The highest BCUT2D eigenvalue weighted by Crippen LogP contribution is 2.44. The summed E-state index contributed by atoms with van der Waals surface area (Å²) < 4.78 is 26.3. The lowest BCUT2D eigenvalue weighted by molar-refractivity contribution is -0.138. The van der Waals surface area contributed by atoms with Crippen LogP contribution in [-0.2, 0) is 25.5 Å². The Labute approximate surface area is 156 Å². The Morgan fingerprint density at radius 3 is 2.78 bits per heavy atom. The van der Waals surface area contributed by atoms with Crippen LogP contribution in [0.25, 0.3) is 10.8 Å². The summed E-state index contributed by atoms with van der Waals surface area (Å²) in [4.78, 5) is 23.7. The van der Waals surface area contributed by atoms with Crippen LogP contribution in [0.1, 0.15) is 5.56 Å². The van der Waals surface area contributed by atoms with E-state index in [-0.39, 0.29) is 6.79 Å². The van der Waals surface area contributed by atoms with Gasteiger partial charge in [-0.25, -0.2) is 4.79 Å². The maximum Gasteiger partial charge on any atom is 0.330 e. The molecule has 1 atom stereocenters. The molecule has 1 aliphatic rings. The first kappa shape index (κ1) is 18.7. The van der Waals surface area contributed by atoms with Crippen LogP contribution in [0.2, 0.25) is 0 Å². The molecule has 3 rings (SSSR count). The van der Waals surface area contributed by atoms with Gasteiger partial charge in [-0.1, -0.05) is 18.2 Å². The van der Waals surface area contributed by atoms with Gasteiger partial charge in [0, 0.05) is 24.1 Å². The van der Waals surface area contributed by atoms with E-state index in [4.69, 9.17) is 18.9 Å². The summed E-state index contributed by atoms with van der Waals surface area (Å²) in [5.74, 6) is 0.108. The number of fused-ring (bicyclic) bond motifs is 3. The zero-order valence-corrected chi connectivity index (χ0v) is 15.3. The van der Waals surface area contributed by atoms with Gasteiger partial charge in [0.05, 0.1) is 25.5 Å². The van der Waals surface area contributed by atoms with Gasteiger partial charge in [0.1, 0.15) is 17.2 Å². The smallest absolute Gasteiger partial charge is 0.330 e. The summed E-state index contributed by atoms with van der Waals surface area (Å²) in [6.07, 6.45) is 3.11. The molecule has 0 amide bonds. The van der Waals surface area contributed by atoms with Crippen LogP contribution in [0.15, 0.2) is 36.4 Å². The fourth-order valence-electron chi connectivity index (χ4n) is 3.03. The first-order valence-corrected chi connectivity index (χ1v) is 8.31. The van der Waals surface area contributed by atoms with Gasteiger partial charge >= 0.3 is 11.9 Å². The summed E-state index contributed by atoms with van der Waals surface area (Å²) >= 11 is 0. The summed E-state index contributed by atoms with van der Waals surface area (Å²) in [5.41, 5.74) is 0.808. The molecule has 0 radical (unpaired) electrons. The van der Waals surface area contributed by atoms with Crippen molar-refractivity contribution in [2.45, 2.75) is 6.42 Å².